The molecule has 1 aliphatic carbocycles. The fourth-order valence-corrected chi connectivity index (χ4v) is 3.10. The number of hydrogen-bond donors (Lipinski definition) is 2. The second-order valence-electron chi connectivity index (χ2n) is 5.78. The lowest BCUT2D eigenvalue weighted by atomic mass is 10.2. The Labute approximate surface area is 133 Å². The lowest BCUT2D eigenvalue weighted by Gasteiger charge is -2.06. The normalized spacial score (nSPS) is 19.8. The molecule has 0 amide bonds. The molecule has 7 nitrogen and oxygen atoms in total. The minimum absolute atomic E-state index is 0.314. The predicted molar refractivity (Wildman–Crippen MR) is 87.2 cm³/mol. The van der Waals surface area contributed by atoms with E-state index in [9.17, 15) is 0 Å². The molecule has 1 saturated carbocycles. The molecule has 2 atom stereocenters. The van der Waals surface area contributed by atoms with E-state index in [-0.39, 0.29) is 0 Å². The number of para-hydroxylation sites is 2. The van der Waals surface area contributed by atoms with Gasteiger partial charge in [-0.15, -0.1) is 0 Å². The van der Waals surface area contributed by atoms with Gasteiger partial charge in [0, 0.05) is 24.9 Å². The van der Waals surface area contributed by atoms with Crippen molar-refractivity contribution in [2.45, 2.75) is 18.3 Å². The third-order valence-corrected chi connectivity index (χ3v) is 4.38. The number of imidazole rings is 1. The first-order valence-electron chi connectivity index (χ1n) is 7.52. The maximum atomic E-state index is 5.47. The Morgan fingerprint density at radius 3 is 2.78 bits per heavy atom. The molecule has 1 aromatic carbocycles. The molecule has 0 spiro atoms. The number of benzene rings is 1. The number of hydrogen-bond acceptors (Lipinski definition) is 6. The zero-order valence-corrected chi connectivity index (χ0v) is 13.0. The van der Waals surface area contributed by atoms with Crippen molar-refractivity contribution in [3.8, 4) is 6.01 Å². The van der Waals surface area contributed by atoms with Crippen molar-refractivity contribution in [3.63, 3.8) is 0 Å². The number of nitrogens with two attached hydrogens (primary N) is 1. The summed E-state index contributed by atoms with van der Waals surface area (Å²) in [5.74, 6) is 7.80. The van der Waals surface area contributed by atoms with E-state index in [1.54, 1.807) is 7.11 Å². The zero-order chi connectivity index (χ0) is 16.0. The van der Waals surface area contributed by atoms with Gasteiger partial charge in [-0.05, 0) is 18.6 Å². The van der Waals surface area contributed by atoms with Gasteiger partial charge in [0.1, 0.15) is 11.6 Å². The van der Waals surface area contributed by atoms with Crippen molar-refractivity contribution in [3.05, 3.63) is 41.9 Å². The summed E-state index contributed by atoms with van der Waals surface area (Å²) >= 11 is 0. The minimum Gasteiger partial charge on any atom is -0.467 e. The van der Waals surface area contributed by atoms with Crippen LogP contribution < -0.4 is 16.0 Å². The number of nitrogen functional groups attached to an aromatic ring is 1. The Morgan fingerprint density at radius 2 is 2.04 bits per heavy atom. The van der Waals surface area contributed by atoms with E-state index in [1.807, 2.05) is 24.3 Å². The number of fused-ring (bicyclic) bond motifs is 1. The van der Waals surface area contributed by atoms with Crippen molar-refractivity contribution >= 4 is 16.9 Å². The fraction of sp³-hybridized carbons (Fsp3) is 0.312. The van der Waals surface area contributed by atoms with Gasteiger partial charge in [0.15, 0.2) is 0 Å². The highest BCUT2D eigenvalue weighted by atomic mass is 16.5. The molecule has 1 unspecified atom stereocenters. The molecule has 0 radical (unpaired) electrons. The maximum absolute atomic E-state index is 5.47. The van der Waals surface area contributed by atoms with Crippen molar-refractivity contribution in [1.29, 1.82) is 0 Å². The van der Waals surface area contributed by atoms with Crippen LogP contribution in [0.3, 0.4) is 0 Å². The second kappa shape index (κ2) is 5.20. The molecule has 7 heteroatoms. The number of aryl methyl sites for hydroxylation is 1. The molecule has 3 N–H and O–H groups in total. The van der Waals surface area contributed by atoms with Crippen LogP contribution in [0.25, 0.3) is 11.0 Å². The first kappa shape index (κ1) is 14.0. The Morgan fingerprint density at radius 1 is 1.22 bits per heavy atom. The number of aromatic nitrogens is 4. The number of ether oxygens (including phenoxy) is 1. The second-order valence-corrected chi connectivity index (χ2v) is 5.78. The molecule has 3 aromatic rings. The van der Waals surface area contributed by atoms with E-state index >= 15 is 0 Å². The van der Waals surface area contributed by atoms with Gasteiger partial charge in [0.2, 0.25) is 0 Å². The van der Waals surface area contributed by atoms with E-state index in [0.29, 0.717) is 23.7 Å². The van der Waals surface area contributed by atoms with Gasteiger partial charge < -0.3 is 14.7 Å². The maximum Gasteiger partial charge on any atom is 0.318 e. The van der Waals surface area contributed by atoms with Gasteiger partial charge in [0.25, 0.3) is 0 Å². The van der Waals surface area contributed by atoms with Crippen LogP contribution in [0.15, 0.2) is 30.3 Å². The number of nitrogens with zero attached hydrogens (tertiary/aromatic N) is 4. The molecule has 1 fully saturated rings. The summed E-state index contributed by atoms with van der Waals surface area (Å²) in [4.78, 5) is 13.4. The smallest absolute Gasteiger partial charge is 0.318 e. The molecular weight excluding hydrogens is 292 g/mol. The third-order valence-electron chi connectivity index (χ3n) is 4.38. The quantitative estimate of drug-likeness (QED) is 0.565. The number of nitrogens with one attached hydrogen (secondary N) is 1. The molecule has 0 bridgehead atoms. The molecule has 0 saturated heterocycles. The molecule has 0 aliphatic heterocycles. The summed E-state index contributed by atoms with van der Waals surface area (Å²) in [6.45, 7) is 0. The van der Waals surface area contributed by atoms with E-state index in [2.05, 4.69) is 33.1 Å². The summed E-state index contributed by atoms with van der Waals surface area (Å²) < 4.78 is 7.32. The molecule has 2 heterocycles. The third kappa shape index (κ3) is 2.29. The number of hydrazine groups is 1. The Hall–Kier alpha value is -2.67. The SMILES string of the molecule is COc1nc(NN)cc([C@@H]2CC2c2nc3ccccc3n2C)n1. The molecule has 1 aliphatic rings. The van der Waals surface area contributed by atoms with Crippen LogP contribution >= 0.6 is 0 Å². The van der Waals surface area contributed by atoms with Crippen molar-refractivity contribution < 1.29 is 4.74 Å². The summed E-state index contributed by atoms with van der Waals surface area (Å²) in [5, 5.41) is 0. The summed E-state index contributed by atoms with van der Waals surface area (Å²) in [5.41, 5.74) is 5.67. The highest BCUT2D eigenvalue weighted by Crippen LogP contribution is 2.54. The average Bonchev–Trinajstić information content (AvgIpc) is 3.33. The fourth-order valence-electron chi connectivity index (χ4n) is 3.10. The zero-order valence-electron chi connectivity index (χ0n) is 13.0. The Kier molecular flexibility index (Phi) is 3.16. The number of rotatable bonds is 4. The molecular formula is C16H18N6O. The largest absolute Gasteiger partial charge is 0.467 e. The highest BCUT2D eigenvalue weighted by molar-refractivity contribution is 5.76. The lowest BCUT2D eigenvalue weighted by molar-refractivity contribution is 0.378. The molecule has 23 heavy (non-hydrogen) atoms. The number of anilines is 1. The van der Waals surface area contributed by atoms with Crippen LogP contribution in [-0.4, -0.2) is 26.6 Å². The minimum atomic E-state index is 0.314. The topological polar surface area (TPSA) is 90.9 Å². The standard InChI is InChI=1S/C16H18N6O/c1-22-13-6-4-3-5-11(13)18-15(22)10-7-9(10)12-8-14(21-17)20-16(19-12)23-2/h3-6,8-10H,7,17H2,1-2H3,(H,19,20,21)/t9-,10?/m1/s1. The van der Waals surface area contributed by atoms with Gasteiger partial charge in [-0.3, -0.25) is 0 Å². The number of methoxy groups -OCH3 is 1. The van der Waals surface area contributed by atoms with Crippen LogP contribution in [0.1, 0.15) is 29.8 Å². The Bertz CT molecular complexity index is 852. The van der Waals surface area contributed by atoms with Gasteiger partial charge in [-0.2, -0.15) is 9.97 Å². The molecule has 2 aromatic heterocycles. The van der Waals surface area contributed by atoms with Gasteiger partial charge >= 0.3 is 6.01 Å². The van der Waals surface area contributed by atoms with Gasteiger partial charge in [-0.25, -0.2) is 10.8 Å². The summed E-state index contributed by atoms with van der Waals surface area (Å²) in [6.07, 6.45) is 1.02. The van der Waals surface area contributed by atoms with E-state index in [4.69, 9.17) is 15.6 Å². The van der Waals surface area contributed by atoms with Crippen LogP contribution in [0.5, 0.6) is 6.01 Å². The van der Waals surface area contributed by atoms with Crippen LogP contribution in [-0.2, 0) is 7.05 Å². The molecule has 4 rings (SSSR count). The predicted octanol–water partition coefficient (Wildman–Crippen LogP) is 1.93. The van der Waals surface area contributed by atoms with Crippen molar-refractivity contribution in [1.82, 2.24) is 19.5 Å². The van der Waals surface area contributed by atoms with E-state index < -0.39 is 0 Å². The summed E-state index contributed by atoms with van der Waals surface area (Å²) in [7, 11) is 3.61. The van der Waals surface area contributed by atoms with E-state index in [1.165, 1.54) is 0 Å². The first-order chi connectivity index (χ1) is 11.2. The van der Waals surface area contributed by atoms with Crippen molar-refractivity contribution in [2.24, 2.45) is 12.9 Å². The van der Waals surface area contributed by atoms with Gasteiger partial charge in [-0.1, -0.05) is 12.1 Å². The average molecular weight is 310 g/mol. The monoisotopic (exact) mass is 310 g/mol. The molecule has 118 valence electrons. The Balaban J connectivity index is 1.68. The van der Waals surface area contributed by atoms with E-state index in [0.717, 1.165) is 29.0 Å². The van der Waals surface area contributed by atoms with Crippen molar-refractivity contribution in [2.75, 3.05) is 12.5 Å². The van der Waals surface area contributed by atoms with Crippen LogP contribution in [0.2, 0.25) is 0 Å². The van der Waals surface area contributed by atoms with Gasteiger partial charge in [0.05, 0.1) is 23.8 Å². The highest BCUT2D eigenvalue weighted by Gasteiger charge is 2.44. The van der Waals surface area contributed by atoms with Crippen LogP contribution in [0, 0.1) is 0 Å². The summed E-state index contributed by atoms with van der Waals surface area (Å²) in [6, 6.07) is 10.4. The van der Waals surface area contributed by atoms with Crippen LogP contribution in [0.4, 0.5) is 5.82 Å². The lowest BCUT2D eigenvalue weighted by Crippen LogP contribution is -2.10. The first-order valence-corrected chi connectivity index (χ1v) is 7.52.